The molecular formula is C29H28F6N2O3. The van der Waals surface area contributed by atoms with Gasteiger partial charge in [0, 0.05) is 19.6 Å². The van der Waals surface area contributed by atoms with Gasteiger partial charge in [0.2, 0.25) is 0 Å². The maximum atomic E-state index is 13.8. The summed E-state index contributed by atoms with van der Waals surface area (Å²) in [7, 11) is 1.10. The van der Waals surface area contributed by atoms with Crippen molar-refractivity contribution in [2.24, 2.45) is 0 Å². The fourth-order valence-corrected chi connectivity index (χ4v) is 4.13. The number of carbonyl (C=O) groups excluding carboxylic acids is 2. The van der Waals surface area contributed by atoms with Crippen molar-refractivity contribution in [1.82, 2.24) is 10.2 Å². The number of methoxy groups -OCH3 is 1. The smallest absolute Gasteiger partial charge is 0.416 e. The maximum Gasteiger partial charge on any atom is 0.416 e. The van der Waals surface area contributed by atoms with Gasteiger partial charge in [-0.2, -0.15) is 26.3 Å². The van der Waals surface area contributed by atoms with Crippen LogP contribution in [0.5, 0.6) is 0 Å². The molecule has 0 heterocycles. The molecule has 3 rings (SSSR count). The Morgan fingerprint density at radius 2 is 1.55 bits per heavy atom. The van der Waals surface area contributed by atoms with Crippen LogP contribution in [0.2, 0.25) is 0 Å². The number of hydrogen-bond donors (Lipinski definition) is 1. The summed E-state index contributed by atoms with van der Waals surface area (Å²) in [4.78, 5) is 26.3. The number of rotatable bonds is 8. The zero-order valence-electron chi connectivity index (χ0n) is 22.0. The minimum Gasteiger partial charge on any atom is -0.469 e. The zero-order chi connectivity index (χ0) is 29.7. The SMILES string of the molecule is CCN(Cc1cc(C(F)(F)F)ccc1-c1cc([C@H](C)C(=O)OC)cc(C(F)(F)F)c1)C(=O)NCc1ccccc1. The van der Waals surface area contributed by atoms with Crippen LogP contribution in [0, 0.1) is 0 Å². The first-order valence-electron chi connectivity index (χ1n) is 12.3. The molecule has 0 unspecified atom stereocenters. The lowest BCUT2D eigenvalue weighted by Crippen LogP contribution is -2.39. The topological polar surface area (TPSA) is 58.6 Å². The van der Waals surface area contributed by atoms with E-state index in [0.29, 0.717) is 0 Å². The number of benzene rings is 3. The molecule has 0 aliphatic rings. The van der Waals surface area contributed by atoms with Crippen molar-refractivity contribution in [3.8, 4) is 11.1 Å². The lowest BCUT2D eigenvalue weighted by molar-refractivity contribution is -0.142. The molecule has 0 aliphatic heterocycles. The Morgan fingerprint density at radius 1 is 0.900 bits per heavy atom. The van der Waals surface area contributed by atoms with Gasteiger partial charge in [-0.1, -0.05) is 42.5 Å². The van der Waals surface area contributed by atoms with Crippen LogP contribution in [0.15, 0.2) is 66.7 Å². The lowest BCUT2D eigenvalue weighted by atomic mass is 9.90. The van der Waals surface area contributed by atoms with Crippen LogP contribution in [0.4, 0.5) is 31.1 Å². The Labute approximate surface area is 227 Å². The first-order valence-corrected chi connectivity index (χ1v) is 12.3. The quantitative estimate of drug-likeness (QED) is 0.228. The molecule has 0 bridgehead atoms. The molecule has 40 heavy (non-hydrogen) atoms. The Morgan fingerprint density at radius 3 is 2.12 bits per heavy atom. The molecule has 0 aliphatic carbocycles. The number of nitrogens with one attached hydrogen (secondary N) is 1. The standard InChI is InChI=1S/C29H28F6N2O3/c1-4-37(27(39)36-16-19-8-6-5-7-9-19)17-22-15-23(28(30,31)32)10-11-25(22)21-12-20(18(2)26(38)40-3)13-24(14-21)29(33,34)35/h5-15,18H,4,16-17H2,1-3H3,(H,36,39)/t18-/m0/s1. The Bertz CT molecular complexity index is 1340. The second-order valence-electron chi connectivity index (χ2n) is 9.11. The van der Waals surface area contributed by atoms with Gasteiger partial charge in [0.15, 0.2) is 0 Å². The van der Waals surface area contributed by atoms with Gasteiger partial charge in [0.1, 0.15) is 0 Å². The molecule has 2 amide bonds. The van der Waals surface area contributed by atoms with E-state index in [1.165, 1.54) is 17.9 Å². The van der Waals surface area contributed by atoms with E-state index in [2.05, 4.69) is 10.1 Å². The van der Waals surface area contributed by atoms with Gasteiger partial charge in [-0.05, 0) is 65.9 Å². The Kier molecular flexibility index (Phi) is 9.49. The number of nitrogens with zero attached hydrogens (tertiary/aromatic N) is 1. The van der Waals surface area contributed by atoms with E-state index in [1.807, 2.05) is 6.07 Å². The fraction of sp³-hybridized carbons (Fsp3) is 0.310. The third-order valence-electron chi connectivity index (χ3n) is 6.40. The highest BCUT2D eigenvalue weighted by molar-refractivity contribution is 5.79. The molecule has 5 nitrogen and oxygen atoms in total. The third-order valence-corrected chi connectivity index (χ3v) is 6.40. The average Bonchev–Trinajstić information content (AvgIpc) is 2.92. The predicted octanol–water partition coefficient (Wildman–Crippen LogP) is 7.40. The zero-order valence-corrected chi connectivity index (χ0v) is 22.0. The van der Waals surface area contributed by atoms with Crippen LogP contribution in [0.1, 0.15) is 47.6 Å². The average molecular weight is 567 g/mol. The number of hydrogen-bond acceptors (Lipinski definition) is 3. The first kappa shape index (κ1) is 30.5. The van der Waals surface area contributed by atoms with E-state index in [1.54, 1.807) is 31.2 Å². The number of urea groups is 1. The number of esters is 1. The van der Waals surface area contributed by atoms with Crippen molar-refractivity contribution in [3.63, 3.8) is 0 Å². The first-order chi connectivity index (χ1) is 18.7. The van der Waals surface area contributed by atoms with Crippen LogP contribution in [-0.2, 0) is 35.0 Å². The van der Waals surface area contributed by atoms with Crippen molar-refractivity contribution in [2.75, 3.05) is 13.7 Å². The summed E-state index contributed by atoms with van der Waals surface area (Å²) in [5.41, 5.74) is -1.30. The van der Waals surface area contributed by atoms with Gasteiger partial charge in [-0.25, -0.2) is 4.79 Å². The summed E-state index contributed by atoms with van der Waals surface area (Å²) in [5, 5.41) is 2.71. The van der Waals surface area contributed by atoms with Gasteiger partial charge in [0.05, 0.1) is 24.2 Å². The predicted molar refractivity (Wildman–Crippen MR) is 137 cm³/mol. The molecular weight excluding hydrogens is 538 g/mol. The van der Waals surface area contributed by atoms with Crippen molar-refractivity contribution in [1.29, 1.82) is 0 Å². The number of carbonyl (C=O) groups is 2. The van der Waals surface area contributed by atoms with E-state index in [9.17, 15) is 35.9 Å². The van der Waals surface area contributed by atoms with E-state index < -0.39 is 41.4 Å². The molecule has 0 saturated heterocycles. The number of ether oxygens (including phenoxy) is 1. The molecule has 0 saturated carbocycles. The summed E-state index contributed by atoms with van der Waals surface area (Å²) in [6.45, 7) is 2.98. The van der Waals surface area contributed by atoms with Crippen molar-refractivity contribution in [2.45, 2.75) is 45.2 Å². The summed E-state index contributed by atoms with van der Waals surface area (Å²) in [6, 6.07) is 14.0. The number of amides is 2. The van der Waals surface area contributed by atoms with Crippen molar-refractivity contribution in [3.05, 3.63) is 94.5 Å². The normalized spacial score (nSPS) is 12.5. The molecule has 0 radical (unpaired) electrons. The molecule has 0 spiro atoms. The highest BCUT2D eigenvalue weighted by Gasteiger charge is 2.34. The summed E-state index contributed by atoms with van der Waals surface area (Å²) >= 11 is 0. The lowest BCUT2D eigenvalue weighted by Gasteiger charge is -2.24. The van der Waals surface area contributed by atoms with E-state index in [4.69, 9.17) is 0 Å². The van der Waals surface area contributed by atoms with Gasteiger partial charge in [-0.15, -0.1) is 0 Å². The minimum absolute atomic E-state index is 0.0115. The molecule has 214 valence electrons. The van der Waals surface area contributed by atoms with Gasteiger partial charge in [0.25, 0.3) is 0 Å². The molecule has 0 aromatic heterocycles. The molecule has 1 N–H and O–H groups in total. The maximum absolute atomic E-state index is 13.8. The summed E-state index contributed by atoms with van der Waals surface area (Å²) < 4.78 is 86.9. The van der Waals surface area contributed by atoms with Gasteiger partial charge >= 0.3 is 24.4 Å². The van der Waals surface area contributed by atoms with E-state index in [-0.39, 0.29) is 41.9 Å². The van der Waals surface area contributed by atoms with Crippen LogP contribution < -0.4 is 5.32 Å². The largest absolute Gasteiger partial charge is 0.469 e. The minimum atomic E-state index is -4.79. The van der Waals surface area contributed by atoms with Crippen molar-refractivity contribution >= 4 is 12.0 Å². The van der Waals surface area contributed by atoms with Crippen LogP contribution in [0.3, 0.4) is 0 Å². The van der Waals surface area contributed by atoms with Crippen molar-refractivity contribution < 1.29 is 40.7 Å². The summed E-state index contributed by atoms with van der Waals surface area (Å²) in [6.07, 6.45) is -9.52. The van der Waals surface area contributed by atoms with E-state index >= 15 is 0 Å². The third kappa shape index (κ3) is 7.55. The fourth-order valence-electron chi connectivity index (χ4n) is 4.13. The van der Waals surface area contributed by atoms with Gasteiger partial charge in [-0.3, -0.25) is 4.79 Å². The second kappa shape index (κ2) is 12.4. The molecule has 0 fully saturated rings. The summed E-state index contributed by atoms with van der Waals surface area (Å²) in [5.74, 6) is -1.84. The highest BCUT2D eigenvalue weighted by atomic mass is 19.4. The molecule has 3 aromatic carbocycles. The van der Waals surface area contributed by atoms with Crippen LogP contribution >= 0.6 is 0 Å². The number of halogens is 6. The Balaban J connectivity index is 2.08. The second-order valence-corrected chi connectivity index (χ2v) is 9.11. The van der Waals surface area contributed by atoms with Crippen LogP contribution in [0.25, 0.3) is 11.1 Å². The van der Waals surface area contributed by atoms with Gasteiger partial charge < -0.3 is 15.0 Å². The van der Waals surface area contributed by atoms with Crippen LogP contribution in [-0.4, -0.2) is 30.6 Å². The highest BCUT2D eigenvalue weighted by Crippen LogP contribution is 2.38. The monoisotopic (exact) mass is 566 g/mol. The molecule has 1 atom stereocenters. The van der Waals surface area contributed by atoms with E-state index in [0.717, 1.165) is 43.0 Å². The number of alkyl halides is 6. The Hall–Kier alpha value is -4.02. The molecule has 11 heteroatoms. The molecule has 3 aromatic rings.